The van der Waals surface area contributed by atoms with E-state index < -0.39 is 5.67 Å². The molecule has 0 saturated carbocycles. The van der Waals surface area contributed by atoms with E-state index in [0.29, 0.717) is 5.56 Å². The Morgan fingerprint density at radius 2 is 1.83 bits per heavy atom. The van der Waals surface area contributed by atoms with Gasteiger partial charge in [0, 0.05) is 23.5 Å². The van der Waals surface area contributed by atoms with Crippen LogP contribution in [0.5, 0.6) is 0 Å². The molecule has 0 atom stereocenters. The van der Waals surface area contributed by atoms with Crippen LogP contribution in [0.1, 0.15) is 5.56 Å². The topological polar surface area (TPSA) is 31.2 Å². The summed E-state index contributed by atoms with van der Waals surface area (Å²) in [6.45, 7) is 0.111. The van der Waals surface area contributed by atoms with Crippen LogP contribution in [0.4, 0.5) is 4.39 Å². The number of hydrogen-bond acceptors (Lipinski definition) is 2. The standard InChI is InChI=1S/C14H12FNO2/c15-14(9-18-10-14)11-6-7-13(17)16(8-11)12-4-2-1-3-5-12/h1-8H,9-10H2. The van der Waals surface area contributed by atoms with Gasteiger partial charge in [-0.15, -0.1) is 0 Å². The van der Waals surface area contributed by atoms with E-state index in [2.05, 4.69) is 0 Å². The van der Waals surface area contributed by atoms with Gasteiger partial charge in [0.25, 0.3) is 5.56 Å². The summed E-state index contributed by atoms with van der Waals surface area (Å²) in [5.41, 5.74) is -0.413. The Bertz CT molecular complexity index is 617. The highest BCUT2D eigenvalue weighted by Crippen LogP contribution is 2.33. The van der Waals surface area contributed by atoms with Gasteiger partial charge < -0.3 is 4.74 Å². The fourth-order valence-corrected chi connectivity index (χ4v) is 1.99. The molecule has 2 aromatic rings. The number of nitrogens with zero attached hydrogens (tertiary/aromatic N) is 1. The van der Waals surface area contributed by atoms with Crippen LogP contribution in [0.25, 0.3) is 5.69 Å². The largest absolute Gasteiger partial charge is 0.374 e. The second-order valence-corrected chi connectivity index (χ2v) is 4.42. The van der Waals surface area contributed by atoms with Crippen molar-refractivity contribution in [1.82, 2.24) is 4.57 Å². The fraction of sp³-hybridized carbons (Fsp3) is 0.214. The Kier molecular flexibility index (Phi) is 2.52. The van der Waals surface area contributed by atoms with Crippen molar-refractivity contribution in [2.45, 2.75) is 5.67 Å². The van der Waals surface area contributed by atoms with E-state index in [1.165, 1.54) is 16.7 Å². The number of rotatable bonds is 2. The van der Waals surface area contributed by atoms with Gasteiger partial charge in [-0.2, -0.15) is 0 Å². The van der Waals surface area contributed by atoms with E-state index in [0.717, 1.165) is 5.69 Å². The third kappa shape index (κ3) is 1.75. The van der Waals surface area contributed by atoms with Crippen LogP contribution in [0, 0.1) is 0 Å². The molecule has 3 nitrogen and oxygen atoms in total. The zero-order chi connectivity index (χ0) is 12.6. The van der Waals surface area contributed by atoms with Crippen molar-refractivity contribution in [1.29, 1.82) is 0 Å². The number of benzene rings is 1. The number of halogens is 1. The first-order chi connectivity index (χ1) is 8.69. The molecule has 18 heavy (non-hydrogen) atoms. The van der Waals surface area contributed by atoms with Crippen LogP contribution in [0.3, 0.4) is 0 Å². The number of pyridine rings is 1. The number of ether oxygens (including phenoxy) is 1. The molecule has 0 radical (unpaired) electrons. The summed E-state index contributed by atoms with van der Waals surface area (Å²) in [6.07, 6.45) is 1.56. The first-order valence-corrected chi connectivity index (χ1v) is 5.74. The normalized spacial score (nSPS) is 17.2. The van der Waals surface area contributed by atoms with E-state index in [4.69, 9.17) is 4.74 Å². The molecule has 1 aromatic carbocycles. The number of aromatic nitrogens is 1. The van der Waals surface area contributed by atoms with E-state index in [1.807, 2.05) is 30.3 Å². The van der Waals surface area contributed by atoms with Crippen LogP contribution in [0.15, 0.2) is 53.5 Å². The molecule has 2 heterocycles. The monoisotopic (exact) mass is 245 g/mol. The summed E-state index contributed by atoms with van der Waals surface area (Å²) < 4.78 is 20.6. The molecular formula is C14H12FNO2. The number of para-hydroxylation sites is 1. The molecule has 0 aliphatic carbocycles. The Hall–Kier alpha value is -1.94. The second kappa shape index (κ2) is 4.07. The van der Waals surface area contributed by atoms with Crippen molar-refractivity contribution in [3.63, 3.8) is 0 Å². The maximum absolute atomic E-state index is 14.2. The summed E-state index contributed by atoms with van der Waals surface area (Å²) in [5.74, 6) is 0. The lowest BCUT2D eigenvalue weighted by Gasteiger charge is -2.34. The molecule has 1 aliphatic rings. The smallest absolute Gasteiger partial charge is 0.255 e. The van der Waals surface area contributed by atoms with Gasteiger partial charge in [0.1, 0.15) is 0 Å². The van der Waals surface area contributed by atoms with Crippen LogP contribution in [-0.4, -0.2) is 17.8 Å². The molecule has 1 aromatic heterocycles. The molecule has 1 saturated heterocycles. The van der Waals surface area contributed by atoms with E-state index in [-0.39, 0.29) is 18.8 Å². The zero-order valence-corrected chi connectivity index (χ0v) is 9.67. The molecule has 0 unspecified atom stereocenters. The Morgan fingerprint density at radius 3 is 2.44 bits per heavy atom. The lowest BCUT2D eigenvalue weighted by atomic mass is 9.96. The molecule has 1 aliphatic heterocycles. The third-order valence-corrected chi connectivity index (χ3v) is 3.12. The zero-order valence-electron chi connectivity index (χ0n) is 9.67. The van der Waals surface area contributed by atoms with Gasteiger partial charge >= 0.3 is 0 Å². The number of alkyl halides is 1. The fourth-order valence-electron chi connectivity index (χ4n) is 1.99. The second-order valence-electron chi connectivity index (χ2n) is 4.42. The summed E-state index contributed by atoms with van der Waals surface area (Å²) in [4.78, 5) is 11.8. The Balaban J connectivity index is 2.10. The van der Waals surface area contributed by atoms with Crippen molar-refractivity contribution < 1.29 is 9.13 Å². The first-order valence-electron chi connectivity index (χ1n) is 5.74. The maximum Gasteiger partial charge on any atom is 0.255 e. The van der Waals surface area contributed by atoms with Crippen molar-refractivity contribution in [3.8, 4) is 5.69 Å². The van der Waals surface area contributed by atoms with Gasteiger partial charge in [-0.3, -0.25) is 9.36 Å². The van der Waals surface area contributed by atoms with Crippen molar-refractivity contribution in [2.24, 2.45) is 0 Å². The van der Waals surface area contributed by atoms with Gasteiger partial charge in [0.2, 0.25) is 0 Å². The summed E-state index contributed by atoms with van der Waals surface area (Å²) >= 11 is 0. The quantitative estimate of drug-likeness (QED) is 0.810. The summed E-state index contributed by atoms with van der Waals surface area (Å²) in [6, 6.07) is 12.1. The van der Waals surface area contributed by atoms with Crippen LogP contribution in [-0.2, 0) is 10.4 Å². The van der Waals surface area contributed by atoms with Gasteiger partial charge in [-0.05, 0) is 18.2 Å². The summed E-state index contributed by atoms with van der Waals surface area (Å²) in [7, 11) is 0. The molecule has 0 amide bonds. The highest BCUT2D eigenvalue weighted by Gasteiger charge is 2.41. The molecular weight excluding hydrogens is 233 g/mol. The average Bonchev–Trinajstić information content (AvgIpc) is 2.37. The molecule has 92 valence electrons. The molecule has 0 bridgehead atoms. The van der Waals surface area contributed by atoms with Crippen molar-refractivity contribution in [3.05, 3.63) is 64.6 Å². The number of hydrogen-bond donors (Lipinski definition) is 0. The highest BCUT2D eigenvalue weighted by molar-refractivity contribution is 5.34. The molecule has 0 spiro atoms. The van der Waals surface area contributed by atoms with Gasteiger partial charge in [-0.1, -0.05) is 18.2 Å². The third-order valence-electron chi connectivity index (χ3n) is 3.12. The van der Waals surface area contributed by atoms with Crippen LogP contribution >= 0.6 is 0 Å². The molecule has 4 heteroatoms. The van der Waals surface area contributed by atoms with Crippen molar-refractivity contribution in [2.75, 3.05) is 13.2 Å². The lowest BCUT2D eigenvalue weighted by Crippen LogP contribution is -2.43. The van der Waals surface area contributed by atoms with E-state index in [1.54, 1.807) is 6.20 Å². The van der Waals surface area contributed by atoms with Gasteiger partial charge in [-0.25, -0.2) is 4.39 Å². The van der Waals surface area contributed by atoms with Crippen LogP contribution in [0.2, 0.25) is 0 Å². The van der Waals surface area contributed by atoms with E-state index in [9.17, 15) is 9.18 Å². The summed E-state index contributed by atoms with van der Waals surface area (Å²) in [5, 5.41) is 0. The predicted molar refractivity (Wildman–Crippen MR) is 65.6 cm³/mol. The van der Waals surface area contributed by atoms with Gasteiger partial charge in [0.05, 0.1) is 13.2 Å². The SMILES string of the molecule is O=c1ccc(C2(F)COC2)cn1-c1ccccc1. The van der Waals surface area contributed by atoms with Gasteiger partial charge in [0.15, 0.2) is 5.67 Å². The maximum atomic E-state index is 14.2. The van der Waals surface area contributed by atoms with Crippen LogP contribution < -0.4 is 5.56 Å². The molecule has 1 fully saturated rings. The average molecular weight is 245 g/mol. The highest BCUT2D eigenvalue weighted by atomic mass is 19.1. The predicted octanol–water partition coefficient (Wildman–Crippen LogP) is 2.03. The molecule has 3 rings (SSSR count). The first kappa shape index (κ1) is 11.2. The van der Waals surface area contributed by atoms with Crippen molar-refractivity contribution >= 4 is 0 Å². The Labute approximate surface area is 103 Å². The van der Waals surface area contributed by atoms with E-state index >= 15 is 0 Å². The minimum absolute atomic E-state index is 0.0555. The minimum atomic E-state index is -1.45. The lowest BCUT2D eigenvalue weighted by molar-refractivity contribution is -0.135. The molecule has 0 N–H and O–H groups in total. The Morgan fingerprint density at radius 1 is 1.11 bits per heavy atom. The minimum Gasteiger partial charge on any atom is -0.374 e.